The Morgan fingerprint density at radius 1 is 0.667 bits per heavy atom. The van der Waals surface area contributed by atoms with Crippen LogP contribution in [0, 0.1) is 5.92 Å². The minimum absolute atomic E-state index is 0.144. The lowest BCUT2D eigenvalue weighted by Gasteiger charge is -2.32. The lowest BCUT2D eigenvalue weighted by Crippen LogP contribution is -2.61. The molecule has 0 spiro atoms. The number of benzene rings is 2. The first kappa shape index (κ1) is 34.6. The summed E-state index contributed by atoms with van der Waals surface area (Å²) in [5, 5.41) is 11.4. The molecule has 12 nitrogen and oxygen atoms in total. The summed E-state index contributed by atoms with van der Waals surface area (Å²) in [4.78, 5) is 85.6. The molecule has 3 saturated heterocycles. The number of nitrogens with one attached hydrogen (secondary N) is 4. The summed E-state index contributed by atoms with van der Waals surface area (Å²) in [6.45, 7) is 4.10. The van der Waals surface area contributed by atoms with Crippen LogP contribution < -0.4 is 21.3 Å². The topological polar surface area (TPSA) is 157 Å². The van der Waals surface area contributed by atoms with Gasteiger partial charge in [0.2, 0.25) is 35.4 Å². The van der Waals surface area contributed by atoms with E-state index in [-0.39, 0.29) is 25.3 Å². The molecule has 5 rings (SSSR count). The average Bonchev–Trinajstić information content (AvgIpc) is 3.80. The molecule has 0 radical (unpaired) electrons. The SMILES string of the molecule is CC[C@H](C)[C@@H]1NC(=O)[C@@H]2CCCN2C(=O)CNC(=O)[C@@H]2CCCN2C(=O)[C@H](Cc2ccccc2)NC(=O)[C@H](Cc2ccccc2)NC1=O. The lowest BCUT2D eigenvalue weighted by molar-refractivity contribution is -0.143. The van der Waals surface area contributed by atoms with Crippen molar-refractivity contribution in [3.8, 4) is 0 Å². The van der Waals surface area contributed by atoms with E-state index in [0.717, 1.165) is 11.1 Å². The van der Waals surface area contributed by atoms with E-state index in [0.29, 0.717) is 45.2 Å². The third-order valence-corrected chi connectivity index (χ3v) is 9.73. The molecule has 48 heavy (non-hydrogen) atoms. The van der Waals surface area contributed by atoms with Crippen LogP contribution in [0.3, 0.4) is 0 Å². The van der Waals surface area contributed by atoms with Gasteiger partial charge in [-0.3, -0.25) is 28.8 Å². The lowest BCUT2D eigenvalue weighted by atomic mass is 9.96. The summed E-state index contributed by atoms with van der Waals surface area (Å²) in [6, 6.07) is 13.8. The molecule has 256 valence electrons. The molecule has 0 aromatic heterocycles. The molecule has 4 N–H and O–H groups in total. The van der Waals surface area contributed by atoms with Crippen molar-refractivity contribution in [1.29, 1.82) is 0 Å². The van der Waals surface area contributed by atoms with Gasteiger partial charge in [-0.15, -0.1) is 0 Å². The van der Waals surface area contributed by atoms with Gasteiger partial charge in [0.05, 0.1) is 6.54 Å². The van der Waals surface area contributed by atoms with Crippen LogP contribution in [-0.4, -0.2) is 95.1 Å². The van der Waals surface area contributed by atoms with Crippen molar-refractivity contribution in [2.45, 2.75) is 89.0 Å². The normalized spacial score (nSPS) is 26.8. The maximum Gasteiger partial charge on any atom is 0.246 e. The van der Waals surface area contributed by atoms with Crippen LogP contribution in [0.4, 0.5) is 0 Å². The Labute approximate surface area is 281 Å². The van der Waals surface area contributed by atoms with Crippen molar-refractivity contribution in [3.05, 3.63) is 71.8 Å². The fraction of sp³-hybridized carbons (Fsp3) is 0.500. The molecule has 6 amide bonds. The largest absolute Gasteiger partial charge is 0.345 e. The van der Waals surface area contributed by atoms with E-state index in [1.807, 2.05) is 74.5 Å². The predicted molar refractivity (Wildman–Crippen MR) is 178 cm³/mol. The van der Waals surface area contributed by atoms with E-state index in [9.17, 15) is 28.8 Å². The number of carbonyl (C=O) groups excluding carboxylic acids is 6. The van der Waals surface area contributed by atoms with Gasteiger partial charge in [0, 0.05) is 25.9 Å². The molecule has 2 aromatic rings. The van der Waals surface area contributed by atoms with E-state index >= 15 is 0 Å². The molecule has 0 aliphatic carbocycles. The Hall–Kier alpha value is -4.74. The van der Waals surface area contributed by atoms with E-state index < -0.39 is 65.7 Å². The second kappa shape index (κ2) is 15.9. The van der Waals surface area contributed by atoms with Crippen molar-refractivity contribution >= 4 is 35.4 Å². The maximum atomic E-state index is 14.2. The molecule has 6 atom stereocenters. The Morgan fingerprint density at radius 2 is 1.21 bits per heavy atom. The highest BCUT2D eigenvalue weighted by atomic mass is 16.2. The zero-order valence-electron chi connectivity index (χ0n) is 27.7. The van der Waals surface area contributed by atoms with Gasteiger partial charge in [-0.2, -0.15) is 0 Å². The minimum atomic E-state index is -1.07. The summed E-state index contributed by atoms with van der Waals surface area (Å²) in [6.07, 6.45) is 2.90. The highest BCUT2D eigenvalue weighted by Gasteiger charge is 2.41. The van der Waals surface area contributed by atoms with Crippen LogP contribution in [-0.2, 0) is 41.6 Å². The minimum Gasteiger partial charge on any atom is -0.345 e. The van der Waals surface area contributed by atoms with Gasteiger partial charge in [-0.05, 0) is 42.7 Å². The predicted octanol–water partition coefficient (Wildman–Crippen LogP) is 1.08. The van der Waals surface area contributed by atoms with E-state index in [1.165, 1.54) is 9.80 Å². The molecule has 3 fully saturated rings. The summed E-state index contributed by atoms with van der Waals surface area (Å²) < 4.78 is 0. The van der Waals surface area contributed by atoms with Crippen molar-refractivity contribution in [3.63, 3.8) is 0 Å². The summed E-state index contributed by atoms with van der Waals surface area (Å²) >= 11 is 0. The molecule has 3 heterocycles. The highest BCUT2D eigenvalue weighted by molar-refractivity contribution is 5.98. The van der Waals surface area contributed by atoms with Gasteiger partial charge < -0.3 is 31.1 Å². The van der Waals surface area contributed by atoms with E-state index in [2.05, 4.69) is 21.3 Å². The van der Waals surface area contributed by atoms with Gasteiger partial charge in [-0.25, -0.2) is 0 Å². The molecule has 2 aromatic carbocycles. The second-order valence-corrected chi connectivity index (χ2v) is 13.0. The van der Waals surface area contributed by atoms with E-state index in [4.69, 9.17) is 0 Å². The maximum absolute atomic E-state index is 14.2. The first-order chi connectivity index (χ1) is 23.2. The van der Waals surface area contributed by atoms with Crippen molar-refractivity contribution in [2.24, 2.45) is 5.92 Å². The zero-order valence-corrected chi connectivity index (χ0v) is 27.7. The van der Waals surface area contributed by atoms with Crippen molar-refractivity contribution in [1.82, 2.24) is 31.1 Å². The fourth-order valence-electron chi connectivity index (χ4n) is 6.82. The monoisotopic (exact) mass is 658 g/mol. The first-order valence-electron chi connectivity index (χ1n) is 17.0. The first-order valence-corrected chi connectivity index (χ1v) is 17.0. The van der Waals surface area contributed by atoms with Crippen LogP contribution in [0.5, 0.6) is 0 Å². The van der Waals surface area contributed by atoms with Gasteiger partial charge in [-0.1, -0.05) is 80.9 Å². The zero-order chi connectivity index (χ0) is 34.2. The Balaban J connectivity index is 1.51. The molecule has 3 aliphatic heterocycles. The van der Waals surface area contributed by atoms with Crippen molar-refractivity contribution < 1.29 is 28.8 Å². The third kappa shape index (κ3) is 8.21. The standard InChI is InChI=1S/C36H46N6O6/c1-3-23(2)31-35(47)38-26(20-24-12-6-4-7-13-24)32(44)39-27(21-25-14-8-5-9-15-25)36(48)42-19-11-16-28(42)33(45)37-22-30(43)41-18-10-17-29(41)34(46)40-31/h4-9,12-15,23,26-29,31H,3,10-11,16-22H2,1-2H3,(H,37,45)(H,38,47)(H,39,44)(H,40,46)/t23-,26-,27-,28-,29-,31-/m0/s1. The number of amides is 6. The van der Waals surface area contributed by atoms with Crippen LogP contribution in [0.25, 0.3) is 0 Å². The molecule has 0 unspecified atom stereocenters. The molecule has 0 bridgehead atoms. The fourth-order valence-corrected chi connectivity index (χ4v) is 6.82. The molecule has 3 aliphatic rings. The van der Waals surface area contributed by atoms with Gasteiger partial charge in [0.15, 0.2) is 0 Å². The van der Waals surface area contributed by atoms with Crippen LogP contribution in [0.2, 0.25) is 0 Å². The average molecular weight is 659 g/mol. The smallest absolute Gasteiger partial charge is 0.246 e. The summed E-state index contributed by atoms with van der Waals surface area (Å²) in [7, 11) is 0. The second-order valence-electron chi connectivity index (χ2n) is 13.0. The number of fused-ring (bicyclic) bond motifs is 2. The molecule has 0 saturated carbocycles. The van der Waals surface area contributed by atoms with E-state index in [1.54, 1.807) is 0 Å². The molecular weight excluding hydrogens is 612 g/mol. The summed E-state index contributed by atoms with van der Waals surface area (Å²) in [5.74, 6) is -3.08. The number of nitrogens with zero attached hydrogens (tertiary/aromatic N) is 2. The van der Waals surface area contributed by atoms with Gasteiger partial charge in [0.1, 0.15) is 30.2 Å². The third-order valence-electron chi connectivity index (χ3n) is 9.73. The van der Waals surface area contributed by atoms with Crippen LogP contribution in [0.1, 0.15) is 57.1 Å². The molecule has 12 heteroatoms. The molecular formula is C36H46N6O6. The van der Waals surface area contributed by atoms with Crippen molar-refractivity contribution in [2.75, 3.05) is 19.6 Å². The number of carbonyl (C=O) groups is 6. The number of rotatable bonds is 6. The van der Waals surface area contributed by atoms with Gasteiger partial charge >= 0.3 is 0 Å². The number of hydrogen-bond acceptors (Lipinski definition) is 6. The summed E-state index contributed by atoms with van der Waals surface area (Å²) in [5.41, 5.74) is 1.61. The van der Waals surface area contributed by atoms with Gasteiger partial charge in [0.25, 0.3) is 0 Å². The van der Waals surface area contributed by atoms with Crippen LogP contribution in [0.15, 0.2) is 60.7 Å². The Bertz CT molecular complexity index is 1490. The quantitative estimate of drug-likeness (QED) is 0.364. The Morgan fingerprint density at radius 3 is 1.81 bits per heavy atom. The number of hydrogen-bond donors (Lipinski definition) is 4. The Kier molecular flexibility index (Phi) is 11.5. The van der Waals surface area contributed by atoms with Crippen LogP contribution >= 0.6 is 0 Å². The highest BCUT2D eigenvalue weighted by Crippen LogP contribution is 2.22.